The summed E-state index contributed by atoms with van der Waals surface area (Å²) in [6.07, 6.45) is 5.41. The number of nitrogens with zero attached hydrogens (tertiary/aromatic N) is 1. The van der Waals surface area contributed by atoms with Crippen molar-refractivity contribution in [2.45, 2.75) is 38.6 Å². The third kappa shape index (κ3) is 4.34. The van der Waals surface area contributed by atoms with Crippen LogP contribution in [0.3, 0.4) is 0 Å². The average Bonchev–Trinajstić information content (AvgIpc) is 2.98. The zero-order valence-electron chi connectivity index (χ0n) is 11.9. The minimum absolute atomic E-state index is 0.0413. The van der Waals surface area contributed by atoms with Crippen LogP contribution in [0, 0.1) is 5.92 Å². The molecule has 0 spiro atoms. The molecule has 0 atom stereocenters. The van der Waals surface area contributed by atoms with Gasteiger partial charge in [-0.3, -0.25) is 9.59 Å². The SMILES string of the molecule is CN(Cc1ccsc1)C(=O)CNC(=O)C1CCCCC1. The lowest BCUT2D eigenvalue weighted by Crippen LogP contribution is -2.40. The average molecular weight is 294 g/mol. The molecule has 1 N–H and O–H groups in total. The highest BCUT2D eigenvalue weighted by Gasteiger charge is 2.21. The van der Waals surface area contributed by atoms with Crippen molar-refractivity contribution in [2.24, 2.45) is 5.92 Å². The first-order valence-corrected chi connectivity index (χ1v) is 8.14. The normalized spacial score (nSPS) is 15.8. The lowest BCUT2D eigenvalue weighted by molar-refractivity contribution is -0.133. The van der Waals surface area contributed by atoms with Crippen molar-refractivity contribution in [1.82, 2.24) is 10.2 Å². The molecule has 2 rings (SSSR count). The van der Waals surface area contributed by atoms with Crippen molar-refractivity contribution in [3.05, 3.63) is 22.4 Å². The molecule has 0 aliphatic heterocycles. The molecule has 2 amide bonds. The molecule has 5 heteroatoms. The van der Waals surface area contributed by atoms with E-state index >= 15 is 0 Å². The van der Waals surface area contributed by atoms with Crippen LogP contribution in [0.25, 0.3) is 0 Å². The number of nitrogens with one attached hydrogen (secondary N) is 1. The highest BCUT2D eigenvalue weighted by Crippen LogP contribution is 2.23. The van der Waals surface area contributed by atoms with E-state index in [1.54, 1.807) is 23.3 Å². The molecular weight excluding hydrogens is 272 g/mol. The zero-order valence-corrected chi connectivity index (χ0v) is 12.7. The van der Waals surface area contributed by atoms with Gasteiger partial charge in [-0.2, -0.15) is 11.3 Å². The molecule has 1 aromatic rings. The van der Waals surface area contributed by atoms with Crippen LogP contribution in [-0.4, -0.2) is 30.3 Å². The van der Waals surface area contributed by atoms with E-state index in [2.05, 4.69) is 5.32 Å². The van der Waals surface area contributed by atoms with Crippen molar-refractivity contribution >= 4 is 23.2 Å². The van der Waals surface area contributed by atoms with Crippen LogP contribution in [0.1, 0.15) is 37.7 Å². The lowest BCUT2D eigenvalue weighted by atomic mass is 9.89. The Hall–Kier alpha value is -1.36. The molecule has 20 heavy (non-hydrogen) atoms. The van der Waals surface area contributed by atoms with Crippen molar-refractivity contribution in [3.8, 4) is 0 Å². The van der Waals surface area contributed by atoms with E-state index < -0.39 is 0 Å². The second-order valence-electron chi connectivity index (χ2n) is 5.43. The molecule has 0 aromatic carbocycles. The standard InChI is InChI=1S/C15H22N2O2S/c1-17(10-12-7-8-20-11-12)14(18)9-16-15(19)13-5-3-2-4-6-13/h7-8,11,13H,2-6,9-10H2,1H3,(H,16,19). The summed E-state index contributed by atoms with van der Waals surface area (Å²) in [6, 6.07) is 2.01. The molecule has 1 aliphatic carbocycles. The second kappa shape index (κ2) is 7.43. The van der Waals surface area contributed by atoms with Gasteiger partial charge >= 0.3 is 0 Å². The molecule has 0 radical (unpaired) electrons. The van der Waals surface area contributed by atoms with E-state index in [1.165, 1.54) is 6.42 Å². The van der Waals surface area contributed by atoms with Crippen molar-refractivity contribution in [2.75, 3.05) is 13.6 Å². The van der Waals surface area contributed by atoms with Gasteiger partial charge in [-0.05, 0) is 35.2 Å². The Kier molecular flexibility index (Phi) is 5.59. The van der Waals surface area contributed by atoms with Crippen LogP contribution in [0.5, 0.6) is 0 Å². The molecule has 110 valence electrons. The van der Waals surface area contributed by atoms with Crippen LogP contribution in [0.15, 0.2) is 16.8 Å². The molecular formula is C15H22N2O2S. The summed E-state index contributed by atoms with van der Waals surface area (Å²) in [6.45, 7) is 0.706. The van der Waals surface area contributed by atoms with Gasteiger partial charge < -0.3 is 10.2 Å². The van der Waals surface area contributed by atoms with E-state index in [-0.39, 0.29) is 24.3 Å². The van der Waals surface area contributed by atoms with Gasteiger partial charge in [0.1, 0.15) is 0 Å². The maximum atomic E-state index is 12.0. The maximum absolute atomic E-state index is 12.0. The number of carbonyl (C=O) groups excluding carboxylic acids is 2. The van der Waals surface area contributed by atoms with Gasteiger partial charge in [0.2, 0.25) is 11.8 Å². The number of hydrogen-bond acceptors (Lipinski definition) is 3. The molecule has 4 nitrogen and oxygen atoms in total. The monoisotopic (exact) mass is 294 g/mol. The summed E-state index contributed by atoms with van der Waals surface area (Å²) in [5.41, 5.74) is 1.13. The Morgan fingerprint density at radius 1 is 1.35 bits per heavy atom. The summed E-state index contributed by atoms with van der Waals surface area (Å²) in [7, 11) is 1.77. The maximum Gasteiger partial charge on any atom is 0.242 e. The van der Waals surface area contributed by atoms with E-state index in [0.29, 0.717) is 6.54 Å². The molecule has 0 bridgehead atoms. The number of thiophene rings is 1. The minimum Gasteiger partial charge on any atom is -0.347 e. The first-order valence-electron chi connectivity index (χ1n) is 7.19. The van der Waals surface area contributed by atoms with Crippen molar-refractivity contribution in [3.63, 3.8) is 0 Å². The van der Waals surface area contributed by atoms with Gasteiger partial charge in [0.05, 0.1) is 6.54 Å². The molecule has 1 aliphatic rings. The molecule has 1 saturated carbocycles. The van der Waals surface area contributed by atoms with Gasteiger partial charge in [0, 0.05) is 19.5 Å². The van der Waals surface area contributed by atoms with Crippen LogP contribution in [-0.2, 0) is 16.1 Å². The van der Waals surface area contributed by atoms with Crippen molar-refractivity contribution in [1.29, 1.82) is 0 Å². The Balaban J connectivity index is 1.72. The number of hydrogen-bond donors (Lipinski definition) is 1. The highest BCUT2D eigenvalue weighted by molar-refractivity contribution is 7.07. The van der Waals surface area contributed by atoms with Crippen LogP contribution < -0.4 is 5.32 Å². The fourth-order valence-electron chi connectivity index (χ4n) is 2.55. The lowest BCUT2D eigenvalue weighted by Gasteiger charge is -2.22. The molecule has 1 heterocycles. The fraction of sp³-hybridized carbons (Fsp3) is 0.600. The van der Waals surface area contributed by atoms with Crippen LogP contribution in [0.2, 0.25) is 0 Å². The zero-order chi connectivity index (χ0) is 14.4. The number of rotatable bonds is 5. The summed E-state index contributed by atoms with van der Waals surface area (Å²) in [5, 5.41) is 6.82. The van der Waals surface area contributed by atoms with E-state index in [4.69, 9.17) is 0 Å². The Bertz CT molecular complexity index is 439. The number of carbonyl (C=O) groups is 2. The van der Waals surface area contributed by atoms with E-state index in [1.807, 2.05) is 16.8 Å². The molecule has 1 aromatic heterocycles. The van der Waals surface area contributed by atoms with Gasteiger partial charge in [0.15, 0.2) is 0 Å². The fourth-order valence-corrected chi connectivity index (χ4v) is 3.21. The summed E-state index contributed by atoms with van der Waals surface area (Å²) < 4.78 is 0. The highest BCUT2D eigenvalue weighted by atomic mass is 32.1. The van der Waals surface area contributed by atoms with E-state index in [0.717, 1.165) is 31.2 Å². The summed E-state index contributed by atoms with van der Waals surface area (Å²) in [4.78, 5) is 25.6. The quantitative estimate of drug-likeness (QED) is 0.906. The smallest absolute Gasteiger partial charge is 0.242 e. The predicted octanol–water partition coefficient (Wildman–Crippen LogP) is 2.40. The third-order valence-electron chi connectivity index (χ3n) is 3.82. The first kappa shape index (κ1) is 15.0. The van der Waals surface area contributed by atoms with Crippen molar-refractivity contribution < 1.29 is 9.59 Å². The van der Waals surface area contributed by atoms with Gasteiger partial charge in [-0.1, -0.05) is 19.3 Å². The predicted molar refractivity (Wildman–Crippen MR) is 80.4 cm³/mol. The van der Waals surface area contributed by atoms with Gasteiger partial charge in [0.25, 0.3) is 0 Å². The first-order chi connectivity index (χ1) is 9.66. The van der Waals surface area contributed by atoms with Gasteiger partial charge in [-0.15, -0.1) is 0 Å². The molecule has 0 unspecified atom stereocenters. The van der Waals surface area contributed by atoms with Crippen LogP contribution >= 0.6 is 11.3 Å². The van der Waals surface area contributed by atoms with Gasteiger partial charge in [-0.25, -0.2) is 0 Å². The Morgan fingerprint density at radius 2 is 2.10 bits per heavy atom. The third-order valence-corrected chi connectivity index (χ3v) is 4.55. The molecule has 1 fully saturated rings. The van der Waals surface area contributed by atoms with Crippen LogP contribution in [0.4, 0.5) is 0 Å². The number of amides is 2. The Morgan fingerprint density at radius 3 is 2.75 bits per heavy atom. The molecule has 0 saturated heterocycles. The topological polar surface area (TPSA) is 49.4 Å². The summed E-state index contributed by atoms with van der Waals surface area (Å²) in [5.74, 6) is 0.112. The largest absolute Gasteiger partial charge is 0.347 e. The second-order valence-corrected chi connectivity index (χ2v) is 6.21. The minimum atomic E-state index is -0.0413. The Labute approximate surface area is 124 Å². The number of likely N-dealkylation sites (N-methyl/N-ethyl adjacent to an activating group) is 1. The summed E-state index contributed by atoms with van der Waals surface area (Å²) >= 11 is 1.62. The van der Waals surface area contributed by atoms with E-state index in [9.17, 15) is 9.59 Å².